The number of aromatic hydroxyl groups is 1. The molecule has 152 valence electrons. The fourth-order valence-electron chi connectivity index (χ4n) is 2.49. The molecule has 0 saturated heterocycles. The number of thiazole rings is 2. The van der Waals surface area contributed by atoms with Crippen molar-refractivity contribution in [1.29, 1.82) is 0 Å². The highest BCUT2D eigenvalue weighted by Gasteiger charge is 2.18. The predicted octanol–water partition coefficient (Wildman–Crippen LogP) is 6.09. The van der Waals surface area contributed by atoms with Crippen molar-refractivity contribution in [1.82, 2.24) is 9.97 Å². The zero-order chi connectivity index (χ0) is 21.1. The zero-order valence-electron chi connectivity index (χ0n) is 15.6. The van der Waals surface area contributed by atoms with E-state index in [2.05, 4.69) is 36.2 Å². The SMILES string of the molecule is CC(Sc1nc2ccc(N=Cc3cc(Br)ccc3O)cc2s1)C(=O)Nc1nccs1. The predicted molar refractivity (Wildman–Crippen MR) is 129 cm³/mol. The largest absolute Gasteiger partial charge is 0.507 e. The molecule has 2 N–H and O–H groups in total. The monoisotopic (exact) mass is 518 g/mol. The van der Waals surface area contributed by atoms with Gasteiger partial charge in [0.05, 0.1) is 21.2 Å². The normalized spacial score (nSPS) is 12.5. The lowest BCUT2D eigenvalue weighted by atomic mass is 10.2. The number of thioether (sulfide) groups is 1. The van der Waals surface area contributed by atoms with E-state index in [1.165, 1.54) is 34.4 Å². The van der Waals surface area contributed by atoms with E-state index < -0.39 is 0 Å². The quantitative estimate of drug-likeness (QED) is 0.238. The number of aliphatic imine (C=N–C) groups is 1. The van der Waals surface area contributed by atoms with Gasteiger partial charge in [0.2, 0.25) is 5.91 Å². The number of anilines is 1. The molecule has 4 aromatic rings. The van der Waals surface area contributed by atoms with Crippen molar-refractivity contribution >= 4 is 83.5 Å². The van der Waals surface area contributed by atoms with Crippen molar-refractivity contribution in [3.63, 3.8) is 0 Å². The molecule has 30 heavy (non-hydrogen) atoms. The molecule has 0 fully saturated rings. The molecule has 0 bridgehead atoms. The van der Waals surface area contributed by atoms with Crippen molar-refractivity contribution in [3.05, 3.63) is 58.0 Å². The minimum absolute atomic E-state index is 0.103. The smallest absolute Gasteiger partial charge is 0.239 e. The van der Waals surface area contributed by atoms with Crippen molar-refractivity contribution in [3.8, 4) is 5.75 Å². The van der Waals surface area contributed by atoms with Gasteiger partial charge in [-0.3, -0.25) is 9.79 Å². The van der Waals surface area contributed by atoms with Crippen LogP contribution in [0.3, 0.4) is 0 Å². The topological polar surface area (TPSA) is 87.5 Å². The van der Waals surface area contributed by atoms with Crippen LogP contribution < -0.4 is 5.32 Å². The maximum atomic E-state index is 12.3. The van der Waals surface area contributed by atoms with Crippen LogP contribution in [0.1, 0.15) is 12.5 Å². The van der Waals surface area contributed by atoms with Gasteiger partial charge >= 0.3 is 0 Å². The molecule has 1 unspecified atom stereocenters. The lowest BCUT2D eigenvalue weighted by molar-refractivity contribution is -0.115. The van der Waals surface area contributed by atoms with Gasteiger partial charge in [-0.05, 0) is 43.3 Å². The van der Waals surface area contributed by atoms with E-state index in [0.717, 1.165) is 24.7 Å². The van der Waals surface area contributed by atoms with Crippen LogP contribution in [-0.4, -0.2) is 32.4 Å². The number of carbonyl (C=O) groups excluding carboxylic acids is 1. The first-order valence-electron chi connectivity index (χ1n) is 8.78. The second-order valence-corrected chi connectivity index (χ2v) is 10.6. The first-order chi connectivity index (χ1) is 14.5. The molecule has 0 spiro atoms. The first kappa shape index (κ1) is 21.0. The summed E-state index contributed by atoms with van der Waals surface area (Å²) in [5.41, 5.74) is 2.25. The molecular formula is C20H15BrN4O2S3. The second-order valence-electron chi connectivity index (χ2n) is 6.18. The Morgan fingerprint density at radius 2 is 2.20 bits per heavy atom. The Morgan fingerprint density at radius 1 is 1.33 bits per heavy atom. The Labute approximate surface area is 193 Å². The number of hydrogen-bond acceptors (Lipinski definition) is 8. The van der Waals surface area contributed by atoms with Crippen LogP contribution in [0.2, 0.25) is 0 Å². The maximum Gasteiger partial charge on any atom is 0.239 e. The molecule has 0 saturated carbocycles. The van der Waals surface area contributed by atoms with E-state index in [0.29, 0.717) is 10.7 Å². The van der Waals surface area contributed by atoms with Crippen molar-refractivity contribution in [2.45, 2.75) is 16.5 Å². The molecule has 2 aromatic carbocycles. The van der Waals surface area contributed by atoms with Gasteiger partial charge in [-0.15, -0.1) is 22.7 Å². The molecule has 0 aliphatic carbocycles. The molecule has 2 aromatic heterocycles. The number of phenolic OH excluding ortho intramolecular Hbond substituents is 1. The van der Waals surface area contributed by atoms with Crippen LogP contribution in [0, 0.1) is 0 Å². The van der Waals surface area contributed by atoms with Crippen LogP contribution in [0.4, 0.5) is 10.8 Å². The molecule has 4 rings (SSSR count). The summed E-state index contributed by atoms with van der Waals surface area (Å²) < 4.78 is 2.67. The molecule has 10 heteroatoms. The van der Waals surface area contributed by atoms with Gasteiger partial charge in [0.1, 0.15) is 5.75 Å². The number of nitrogens with zero attached hydrogens (tertiary/aromatic N) is 3. The molecular weight excluding hydrogens is 504 g/mol. The molecule has 0 radical (unpaired) electrons. The highest BCUT2D eigenvalue weighted by Crippen LogP contribution is 2.34. The lowest BCUT2D eigenvalue weighted by Crippen LogP contribution is -2.22. The highest BCUT2D eigenvalue weighted by molar-refractivity contribution is 9.10. The van der Waals surface area contributed by atoms with Crippen LogP contribution in [0.5, 0.6) is 5.75 Å². The van der Waals surface area contributed by atoms with Crippen molar-refractivity contribution < 1.29 is 9.90 Å². The zero-order valence-corrected chi connectivity index (χ0v) is 19.6. The maximum absolute atomic E-state index is 12.3. The Bertz CT molecular complexity index is 1220. The Hall–Kier alpha value is -2.27. The minimum Gasteiger partial charge on any atom is -0.507 e. The summed E-state index contributed by atoms with van der Waals surface area (Å²) in [4.78, 5) is 25.5. The van der Waals surface area contributed by atoms with E-state index in [4.69, 9.17) is 0 Å². The highest BCUT2D eigenvalue weighted by atomic mass is 79.9. The third-order valence-corrected chi connectivity index (χ3v) is 7.40. The number of nitrogens with one attached hydrogen (secondary N) is 1. The van der Waals surface area contributed by atoms with Gasteiger partial charge in [-0.25, -0.2) is 9.97 Å². The van der Waals surface area contributed by atoms with Crippen LogP contribution >= 0.6 is 50.4 Å². The number of phenols is 1. The van der Waals surface area contributed by atoms with Crippen molar-refractivity contribution in [2.24, 2.45) is 4.99 Å². The summed E-state index contributed by atoms with van der Waals surface area (Å²) in [7, 11) is 0. The van der Waals surface area contributed by atoms with E-state index in [1.807, 2.05) is 30.5 Å². The lowest BCUT2D eigenvalue weighted by Gasteiger charge is -2.07. The van der Waals surface area contributed by atoms with Crippen LogP contribution in [0.15, 0.2) is 61.8 Å². The Kier molecular flexibility index (Phi) is 6.47. The third kappa shape index (κ3) is 5.07. The molecule has 1 atom stereocenters. The van der Waals surface area contributed by atoms with Gasteiger partial charge in [0.15, 0.2) is 9.47 Å². The molecule has 6 nitrogen and oxygen atoms in total. The van der Waals surface area contributed by atoms with E-state index in [9.17, 15) is 9.90 Å². The van der Waals surface area contributed by atoms with Crippen LogP contribution in [0.25, 0.3) is 10.2 Å². The number of halogens is 1. The summed E-state index contributed by atoms with van der Waals surface area (Å²) >= 11 is 7.71. The summed E-state index contributed by atoms with van der Waals surface area (Å²) in [6, 6.07) is 10.9. The standard InChI is InChI=1S/C20H15BrN4O2S3/c1-11(18(27)25-19-22-6-7-28-19)29-20-24-15-4-3-14(9-17(15)30-20)23-10-12-8-13(21)2-5-16(12)26/h2-11,26H,1H3,(H,22,25,27). The molecule has 0 aliphatic rings. The van der Waals surface area contributed by atoms with Gasteiger partial charge in [-0.2, -0.15) is 0 Å². The summed E-state index contributed by atoms with van der Waals surface area (Å²) in [6.07, 6.45) is 3.28. The number of rotatable bonds is 6. The Balaban J connectivity index is 1.47. The molecule has 2 heterocycles. The second kappa shape index (κ2) is 9.25. The van der Waals surface area contributed by atoms with E-state index >= 15 is 0 Å². The summed E-state index contributed by atoms with van der Waals surface area (Å²) in [5, 5.41) is 14.9. The summed E-state index contributed by atoms with van der Waals surface area (Å²) in [6.45, 7) is 1.85. The fourth-order valence-corrected chi connectivity index (χ4v) is 5.65. The number of carbonyl (C=O) groups is 1. The van der Waals surface area contributed by atoms with E-state index in [1.54, 1.807) is 30.6 Å². The molecule has 1 amide bonds. The fraction of sp³-hybridized carbons (Fsp3) is 0.100. The van der Waals surface area contributed by atoms with Crippen molar-refractivity contribution in [2.75, 3.05) is 5.32 Å². The average Bonchev–Trinajstić information content (AvgIpc) is 3.37. The number of aromatic nitrogens is 2. The van der Waals surface area contributed by atoms with E-state index in [-0.39, 0.29) is 16.9 Å². The number of benzene rings is 2. The number of amides is 1. The van der Waals surface area contributed by atoms with Crippen LogP contribution in [-0.2, 0) is 4.79 Å². The van der Waals surface area contributed by atoms with Gasteiger partial charge in [0.25, 0.3) is 0 Å². The third-order valence-electron chi connectivity index (χ3n) is 4.00. The minimum atomic E-state index is -0.300. The Morgan fingerprint density at radius 3 is 3.00 bits per heavy atom. The average molecular weight is 519 g/mol. The summed E-state index contributed by atoms with van der Waals surface area (Å²) in [5.74, 6) is 0.0674. The number of hydrogen-bond donors (Lipinski definition) is 2. The number of fused-ring (bicyclic) bond motifs is 1. The van der Waals surface area contributed by atoms with Gasteiger partial charge < -0.3 is 10.4 Å². The van der Waals surface area contributed by atoms with Gasteiger partial charge in [-0.1, -0.05) is 27.7 Å². The molecule has 0 aliphatic heterocycles. The first-order valence-corrected chi connectivity index (χ1v) is 12.1. The van der Waals surface area contributed by atoms with Gasteiger partial charge in [0, 0.05) is 27.8 Å².